The van der Waals surface area contributed by atoms with Gasteiger partial charge >= 0.3 is 0 Å². The molecule has 1 nitrogen and oxygen atoms in total. The number of benzene rings is 2. The molecule has 2 rings (SSSR count). The van der Waals surface area contributed by atoms with Crippen molar-refractivity contribution >= 4 is 46.4 Å². The largest absolute Gasteiger partial charge is 0.198 e. The highest BCUT2D eigenvalue weighted by molar-refractivity contribution is 6.44. The number of halogens is 4. The Morgan fingerprint density at radius 1 is 0.842 bits per heavy atom. The molecule has 2 aromatic rings. The normalized spacial score (nSPS) is 10.3. The highest BCUT2D eigenvalue weighted by Crippen LogP contribution is 2.37. The van der Waals surface area contributed by atoms with Crippen LogP contribution in [0, 0.1) is 11.3 Å². The van der Waals surface area contributed by atoms with E-state index in [1.54, 1.807) is 30.3 Å². The Bertz CT molecular complexity index is 674. The van der Waals surface area contributed by atoms with Crippen molar-refractivity contribution in [3.63, 3.8) is 0 Å². The van der Waals surface area contributed by atoms with Gasteiger partial charge in [0.25, 0.3) is 0 Å². The molecule has 0 fully saturated rings. The molecule has 5 heteroatoms. The zero-order valence-corrected chi connectivity index (χ0v) is 12.6. The number of nitriles is 1. The molecule has 0 saturated carbocycles. The fourth-order valence-electron chi connectivity index (χ4n) is 1.77. The van der Waals surface area contributed by atoms with Gasteiger partial charge < -0.3 is 0 Å². The Labute approximate surface area is 131 Å². The summed E-state index contributed by atoms with van der Waals surface area (Å²) in [6, 6.07) is 10.7. The molecule has 0 aromatic heterocycles. The van der Waals surface area contributed by atoms with Crippen molar-refractivity contribution in [2.24, 2.45) is 0 Å². The van der Waals surface area contributed by atoms with Crippen LogP contribution in [0.15, 0.2) is 30.3 Å². The van der Waals surface area contributed by atoms with Gasteiger partial charge in [-0.15, -0.1) is 0 Å². The van der Waals surface area contributed by atoms with Crippen molar-refractivity contribution in [3.05, 3.63) is 56.0 Å². The lowest BCUT2D eigenvalue weighted by molar-refractivity contribution is 1.26. The molecule has 0 saturated heterocycles. The van der Waals surface area contributed by atoms with Crippen LogP contribution in [0.3, 0.4) is 0 Å². The van der Waals surface area contributed by atoms with E-state index in [1.165, 1.54) is 0 Å². The third-order valence-corrected chi connectivity index (χ3v) is 3.91. The molecule has 0 bridgehead atoms. The molecular formula is C14H7Cl4N. The summed E-state index contributed by atoms with van der Waals surface area (Å²) in [5.74, 6) is 0. The second-order valence-corrected chi connectivity index (χ2v) is 5.54. The summed E-state index contributed by atoms with van der Waals surface area (Å²) >= 11 is 24.1. The first-order valence-electron chi connectivity index (χ1n) is 5.33. The molecule has 0 unspecified atom stereocenters. The highest BCUT2D eigenvalue weighted by atomic mass is 35.5. The van der Waals surface area contributed by atoms with Gasteiger partial charge in [-0.25, -0.2) is 0 Å². The van der Waals surface area contributed by atoms with Gasteiger partial charge in [-0.2, -0.15) is 5.26 Å². The molecule has 0 aliphatic carbocycles. The second-order valence-electron chi connectivity index (χ2n) is 3.88. The molecule has 0 atom stereocenters. The monoisotopic (exact) mass is 329 g/mol. The van der Waals surface area contributed by atoms with Crippen LogP contribution >= 0.6 is 46.4 Å². The molecule has 0 heterocycles. The Morgan fingerprint density at radius 2 is 1.53 bits per heavy atom. The maximum atomic E-state index is 8.87. The van der Waals surface area contributed by atoms with Gasteiger partial charge in [-0.1, -0.05) is 52.5 Å². The van der Waals surface area contributed by atoms with Gasteiger partial charge in [0.2, 0.25) is 0 Å². The lowest BCUT2D eigenvalue weighted by atomic mass is 9.98. The molecule has 0 N–H and O–H groups in total. The highest BCUT2D eigenvalue weighted by Gasteiger charge is 2.12. The maximum Gasteiger partial charge on any atom is 0.0669 e. The molecule has 2 aromatic carbocycles. The van der Waals surface area contributed by atoms with Crippen LogP contribution in [0.5, 0.6) is 0 Å². The minimum Gasteiger partial charge on any atom is -0.198 e. The van der Waals surface area contributed by atoms with Gasteiger partial charge in [0.05, 0.1) is 22.5 Å². The topological polar surface area (TPSA) is 23.8 Å². The van der Waals surface area contributed by atoms with Crippen LogP contribution in [0.1, 0.15) is 5.56 Å². The molecular weight excluding hydrogens is 324 g/mol. The Balaban J connectivity index is 2.67. The van der Waals surface area contributed by atoms with E-state index in [2.05, 4.69) is 6.07 Å². The third kappa shape index (κ3) is 3.16. The van der Waals surface area contributed by atoms with Crippen LogP contribution in [-0.2, 0) is 6.42 Å². The van der Waals surface area contributed by atoms with E-state index in [1.807, 2.05) is 0 Å². The van der Waals surface area contributed by atoms with Crippen molar-refractivity contribution in [2.45, 2.75) is 6.42 Å². The van der Waals surface area contributed by atoms with Crippen molar-refractivity contribution in [1.29, 1.82) is 5.26 Å². The zero-order valence-electron chi connectivity index (χ0n) is 9.55. The van der Waals surface area contributed by atoms with Gasteiger partial charge in [0, 0.05) is 15.6 Å². The van der Waals surface area contributed by atoms with Crippen LogP contribution < -0.4 is 0 Å². The average molecular weight is 331 g/mol. The number of hydrogen-bond donors (Lipinski definition) is 0. The maximum absolute atomic E-state index is 8.87. The third-order valence-electron chi connectivity index (χ3n) is 2.64. The second kappa shape index (κ2) is 6.03. The minimum absolute atomic E-state index is 0.267. The molecule has 0 aliphatic heterocycles. The summed E-state index contributed by atoms with van der Waals surface area (Å²) in [5, 5.41) is 10.7. The molecule has 0 radical (unpaired) electrons. The van der Waals surface area contributed by atoms with E-state index >= 15 is 0 Å². The first kappa shape index (κ1) is 14.5. The summed E-state index contributed by atoms with van der Waals surface area (Å²) < 4.78 is 0. The average Bonchev–Trinajstić information content (AvgIpc) is 2.36. The number of hydrogen-bond acceptors (Lipinski definition) is 1. The van der Waals surface area contributed by atoms with Gasteiger partial charge in [0.15, 0.2) is 0 Å². The molecule has 0 aliphatic rings. The summed E-state index contributed by atoms with van der Waals surface area (Å²) in [4.78, 5) is 0. The van der Waals surface area contributed by atoms with E-state index in [9.17, 15) is 0 Å². The number of nitrogens with zero attached hydrogens (tertiary/aromatic N) is 1. The van der Waals surface area contributed by atoms with Gasteiger partial charge in [0.1, 0.15) is 0 Å². The zero-order chi connectivity index (χ0) is 14.0. The van der Waals surface area contributed by atoms with Crippen LogP contribution in [-0.4, -0.2) is 0 Å². The summed E-state index contributed by atoms with van der Waals surface area (Å²) in [7, 11) is 0. The predicted octanol–water partition coefficient (Wildman–Crippen LogP) is 6.03. The summed E-state index contributed by atoms with van der Waals surface area (Å²) in [6.45, 7) is 0. The van der Waals surface area contributed by atoms with Crippen molar-refractivity contribution in [1.82, 2.24) is 0 Å². The molecule has 0 amide bonds. The van der Waals surface area contributed by atoms with E-state index in [-0.39, 0.29) is 6.42 Å². The molecule has 0 spiro atoms. The lowest BCUT2D eigenvalue weighted by Gasteiger charge is -2.11. The summed E-state index contributed by atoms with van der Waals surface area (Å²) in [6.07, 6.45) is 0.267. The SMILES string of the molecule is N#CCc1ccc(Cl)cc1-c1cc(Cl)c(Cl)cc1Cl. The Kier molecular flexibility index (Phi) is 4.60. The van der Waals surface area contributed by atoms with Crippen molar-refractivity contribution < 1.29 is 0 Å². The summed E-state index contributed by atoms with van der Waals surface area (Å²) in [5.41, 5.74) is 2.34. The minimum atomic E-state index is 0.267. The van der Waals surface area contributed by atoms with E-state index in [4.69, 9.17) is 51.7 Å². The van der Waals surface area contributed by atoms with E-state index in [0.29, 0.717) is 25.7 Å². The van der Waals surface area contributed by atoms with Crippen molar-refractivity contribution in [3.8, 4) is 17.2 Å². The Morgan fingerprint density at radius 3 is 2.21 bits per heavy atom. The van der Waals surface area contributed by atoms with Crippen molar-refractivity contribution in [2.75, 3.05) is 0 Å². The van der Waals surface area contributed by atoms with Gasteiger partial charge in [-0.05, 0) is 35.4 Å². The fourth-order valence-corrected chi connectivity index (χ4v) is 2.59. The number of rotatable bonds is 2. The predicted molar refractivity (Wildman–Crippen MR) is 81.2 cm³/mol. The first-order valence-corrected chi connectivity index (χ1v) is 6.84. The Hall–Kier alpha value is -0.910. The molecule has 96 valence electrons. The molecule has 19 heavy (non-hydrogen) atoms. The smallest absolute Gasteiger partial charge is 0.0669 e. The van der Waals surface area contributed by atoms with E-state index in [0.717, 1.165) is 11.1 Å². The van der Waals surface area contributed by atoms with Gasteiger partial charge in [-0.3, -0.25) is 0 Å². The van der Waals surface area contributed by atoms with Crippen LogP contribution in [0.2, 0.25) is 20.1 Å². The standard InChI is InChI=1S/C14H7Cl4N/c15-9-2-1-8(3-4-19)10(5-9)11-6-13(17)14(18)7-12(11)16/h1-2,5-7H,3H2. The fraction of sp³-hybridized carbons (Fsp3) is 0.0714. The van der Waals surface area contributed by atoms with Crippen LogP contribution in [0.4, 0.5) is 0 Å². The quantitative estimate of drug-likeness (QED) is 0.616. The van der Waals surface area contributed by atoms with E-state index < -0.39 is 0 Å². The first-order chi connectivity index (χ1) is 9.02. The van der Waals surface area contributed by atoms with Crippen LogP contribution in [0.25, 0.3) is 11.1 Å². The lowest BCUT2D eigenvalue weighted by Crippen LogP contribution is -1.90.